The van der Waals surface area contributed by atoms with Gasteiger partial charge in [0.25, 0.3) is 0 Å². The van der Waals surface area contributed by atoms with E-state index < -0.39 is 0 Å². The molecule has 0 radical (unpaired) electrons. The van der Waals surface area contributed by atoms with Crippen molar-refractivity contribution in [1.29, 1.82) is 0 Å². The van der Waals surface area contributed by atoms with Crippen LogP contribution >= 0.6 is 15.9 Å². The molecule has 2 rings (SSSR count). The van der Waals surface area contributed by atoms with Gasteiger partial charge in [-0.3, -0.25) is 0 Å². The molecule has 0 N–H and O–H groups in total. The van der Waals surface area contributed by atoms with Crippen molar-refractivity contribution in [3.8, 4) is 11.5 Å². The summed E-state index contributed by atoms with van der Waals surface area (Å²) in [5.41, 5.74) is 2.13. The molecule has 88 valence electrons. The van der Waals surface area contributed by atoms with E-state index in [4.69, 9.17) is 4.74 Å². The second-order valence-corrected chi connectivity index (χ2v) is 4.37. The SMILES string of the molecule is Cc1ccc(Oc2cc(CBr)ccc2F)cc1. The minimum atomic E-state index is -0.352. The van der Waals surface area contributed by atoms with Gasteiger partial charge >= 0.3 is 0 Å². The molecule has 0 saturated carbocycles. The Morgan fingerprint density at radius 3 is 2.47 bits per heavy atom. The maximum Gasteiger partial charge on any atom is 0.165 e. The third-order valence-electron chi connectivity index (χ3n) is 2.40. The van der Waals surface area contributed by atoms with E-state index in [1.54, 1.807) is 12.1 Å². The summed E-state index contributed by atoms with van der Waals surface area (Å²) in [6.07, 6.45) is 0. The van der Waals surface area contributed by atoms with Gasteiger partial charge in [-0.25, -0.2) is 4.39 Å². The lowest BCUT2D eigenvalue weighted by molar-refractivity contribution is 0.441. The zero-order valence-electron chi connectivity index (χ0n) is 9.41. The Morgan fingerprint density at radius 1 is 1.12 bits per heavy atom. The first kappa shape index (κ1) is 12.1. The molecular weight excluding hydrogens is 283 g/mol. The van der Waals surface area contributed by atoms with Crippen molar-refractivity contribution in [3.05, 3.63) is 59.4 Å². The Kier molecular flexibility index (Phi) is 3.79. The van der Waals surface area contributed by atoms with Crippen molar-refractivity contribution in [2.24, 2.45) is 0 Å². The van der Waals surface area contributed by atoms with E-state index in [-0.39, 0.29) is 11.6 Å². The van der Waals surface area contributed by atoms with Gasteiger partial charge in [-0.1, -0.05) is 39.7 Å². The molecule has 0 aliphatic carbocycles. The van der Waals surface area contributed by atoms with Gasteiger partial charge in [0.2, 0.25) is 0 Å². The quantitative estimate of drug-likeness (QED) is 0.737. The molecule has 0 heterocycles. The number of hydrogen-bond donors (Lipinski definition) is 0. The molecule has 0 atom stereocenters. The highest BCUT2D eigenvalue weighted by Crippen LogP contribution is 2.26. The molecule has 1 nitrogen and oxygen atoms in total. The number of rotatable bonds is 3. The van der Waals surface area contributed by atoms with Crippen LogP contribution in [-0.2, 0) is 5.33 Å². The van der Waals surface area contributed by atoms with Crippen molar-refractivity contribution in [1.82, 2.24) is 0 Å². The number of ether oxygens (including phenoxy) is 1. The number of halogens is 2. The summed E-state index contributed by atoms with van der Waals surface area (Å²) >= 11 is 3.33. The summed E-state index contributed by atoms with van der Waals surface area (Å²) < 4.78 is 19.0. The lowest BCUT2D eigenvalue weighted by atomic mass is 10.2. The zero-order chi connectivity index (χ0) is 12.3. The number of benzene rings is 2. The van der Waals surface area contributed by atoms with E-state index in [1.807, 2.05) is 31.2 Å². The molecule has 0 fully saturated rings. The van der Waals surface area contributed by atoms with Crippen molar-refractivity contribution < 1.29 is 9.13 Å². The topological polar surface area (TPSA) is 9.23 Å². The third kappa shape index (κ3) is 3.07. The number of aryl methyl sites for hydroxylation is 1. The summed E-state index contributed by atoms with van der Waals surface area (Å²) in [6.45, 7) is 2.00. The van der Waals surface area contributed by atoms with Crippen molar-refractivity contribution in [2.45, 2.75) is 12.3 Å². The third-order valence-corrected chi connectivity index (χ3v) is 3.05. The highest BCUT2D eigenvalue weighted by molar-refractivity contribution is 9.08. The van der Waals surface area contributed by atoms with E-state index in [1.165, 1.54) is 6.07 Å². The van der Waals surface area contributed by atoms with Gasteiger partial charge in [0.15, 0.2) is 11.6 Å². The summed E-state index contributed by atoms with van der Waals surface area (Å²) in [7, 11) is 0. The number of alkyl halides is 1. The molecular formula is C14H12BrFO. The Morgan fingerprint density at radius 2 is 1.82 bits per heavy atom. The maximum absolute atomic E-state index is 13.5. The van der Waals surface area contributed by atoms with Crippen LogP contribution < -0.4 is 4.74 Å². The molecule has 0 aliphatic heterocycles. The lowest BCUT2D eigenvalue weighted by Crippen LogP contribution is -1.90. The van der Waals surface area contributed by atoms with Crippen LogP contribution in [0.2, 0.25) is 0 Å². The van der Waals surface area contributed by atoms with Crippen molar-refractivity contribution in [3.63, 3.8) is 0 Å². The smallest absolute Gasteiger partial charge is 0.165 e. The molecule has 0 amide bonds. The van der Waals surface area contributed by atoms with Gasteiger partial charge in [-0.2, -0.15) is 0 Å². The summed E-state index contributed by atoms with van der Waals surface area (Å²) in [5.74, 6) is 0.544. The fraction of sp³-hybridized carbons (Fsp3) is 0.143. The van der Waals surface area contributed by atoms with Crippen LogP contribution in [0.15, 0.2) is 42.5 Å². The van der Waals surface area contributed by atoms with Crippen LogP contribution in [0.25, 0.3) is 0 Å². The molecule has 2 aromatic carbocycles. The maximum atomic E-state index is 13.5. The van der Waals surface area contributed by atoms with E-state index >= 15 is 0 Å². The molecule has 0 spiro atoms. The Bertz CT molecular complexity index is 508. The predicted octanol–water partition coefficient (Wildman–Crippen LogP) is 4.82. The van der Waals surface area contributed by atoms with Crippen molar-refractivity contribution in [2.75, 3.05) is 0 Å². The fourth-order valence-electron chi connectivity index (χ4n) is 1.44. The second kappa shape index (κ2) is 5.32. The number of hydrogen-bond acceptors (Lipinski definition) is 1. The molecule has 0 unspecified atom stereocenters. The average molecular weight is 295 g/mol. The minimum absolute atomic E-state index is 0.255. The fourth-order valence-corrected chi connectivity index (χ4v) is 1.79. The normalized spacial score (nSPS) is 10.3. The van der Waals surface area contributed by atoms with E-state index in [2.05, 4.69) is 15.9 Å². The summed E-state index contributed by atoms with van der Waals surface area (Å²) in [6, 6.07) is 12.4. The standard InChI is InChI=1S/C14H12BrFO/c1-10-2-5-12(6-3-10)17-14-8-11(9-15)4-7-13(14)16/h2-8H,9H2,1H3. The first-order chi connectivity index (χ1) is 8.19. The molecule has 0 aliphatic rings. The highest BCUT2D eigenvalue weighted by atomic mass is 79.9. The van der Waals surface area contributed by atoms with Gasteiger partial charge in [0, 0.05) is 5.33 Å². The van der Waals surface area contributed by atoms with Gasteiger partial charge in [-0.05, 0) is 36.8 Å². The van der Waals surface area contributed by atoms with E-state index in [0.29, 0.717) is 11.1 Å². The Hall–Kier alpha value is -1.35. The molecule has 0 saturated heterocycles. The Labute approximate surface area is 108 Å². The molecule has 3 heteroatoms. The Balaban J connectivity index is 2.25. The largest absolute Gasteiger partial charge is 0.454 e. The monoisotopic (exact) mass is 294 g/mol. The van der Waals surface area contributed by atoms with Gasteiger partial charge < -0.3 is 4.74 Å². The molecule has 0 bridgehead atoms. The molecule has 17 heavy (non-hydrogen) atoms. The second-order valence-electron chi connectivity index (χ2n) is 3.81. The van der Waals surface area contributed by atoms with E-state index in [0.717, 1.165) is 11.1 Å². The van der Waals surface area contributed by atoms with Crippen LogP contribution in [0.1, 0.15) is 11.1 Å². The van der Waals surface area contributed by atoms with Crippen LogP contribution in [0.4, 0.5) is 4.39 Å². The highest BCUT2D eigenvalue weighted by Gasteiger charge is 2.05. The van der Waals surface area contributed by atoms with Crippen LogP contribution in [0, 0.1) is 12.7 Å². The molecule has 2 aromatic rings. The van der Waals surface area contributed by atoms with Gasteiger partial charge in [0.1, 0.15) is 5.75 Å². The van der Waals surface area contributed by atoms with Crippen LogP contribution in [0.5, 0.6) is 11.5 Å². The lowest BCUT2D eigenvalue weighted by Gasteiger charge is -2.08. The van der Waals surface area contributed by atoms with E-state index in [9.17, 15) is 4.39 Å². The first-order valence-corrected chi connectivity index (χ1v) is 6.40. The van der Waals surface area contributed by atoms with Crippen LogP contribution in [0.3, 0.4) is 0 Å². The average Bonchev–Trinajstić information content (AvgIpc) is 2.35. The first-order valence-electron chi connectivity index (χ1n) is 5.28. The summed E-state index contributed by atoms with van der Waals surface area (Å²) in [5, 5.41) is 0.678. The predicted molar refractivity (Wildman–Crippen MR) is 70.3 cm³/mol. The summed E-state index contributed by atoms with van der Waals surface area (Å²) in [4.78, 5) is 0. The van der Waals surface area contributed by atoms with Crippen molar-refractivity contribution >= 4 is 15.9 Å². The van der Waals surface area contributed by atoms with Crippen LogP contribution in [-0.4, -0.2) is 0 Å². The van der Waals surface area contributed by atoms with Gasteiger partial charge in [0.05, 0.1) is 0 Å². The zero-order valence-corrected chi connectivity index (χ0v) is 11.0. The molecule has 0 aromatic heterocycles. The van der Waals surface area contributed by atoms with Gasteiger partial charge in [-0.15, -0.1) is 0 Å². The minimum Gasteiger partial charge on any atom is -0.454 e.